The Morgan fingerprint density at radius 1 is 0.250 bits per heavy atom. The summed E-state index contributed by atoms with van der Waals surface area (Å²) in [5, 5.41) is 71.9. The van der Waals surface area contributed by atoms with Gasteiger partial charge in [-0.3, -0.25) is 0 Å². The SMILES string of the molecule is OB(O)c1ccc(-c2ccc(B(O)O)cc2)cc1.OB(O)c1ccc(-c2ccc(B(O)O)cc2)cc1. The molecule has 8 N–H and O–H groups in total. The summed E-state index contributed by atoms with van der Waals surface area (Å²) in [6.07, 6.45) is 0. The van der Waals surface area contributed by atoms with Crippen LogP contribution in [0.25, 0.3) is 22.3 Å². The van der Waals surface area contributed by atoms with Crippen LogP contribution in [0.2, 0.25) is 0 Å². The van der Waals surface area contributed by atoms with E-state index in [1.807, 2.05) is 0 Å². The molecule has 0 aliphatic rings. The van der Waals surface area contributed by atoms with Crippen LogP contribution in [0.15, 0.2) is 97.1 Å². The highest BCUT2D eigenvalue weighted by atomic mass is 16.4. The molecule has 4 rings (SSSR count). The molecule has 0 saturated heterocycles. The van der Waals surface area contributed by atoms with Gasteiger partial charge >= 0.3 is 28.5 Å². The van der Waals surface area contributed by atoms with E-state index in [0.29, 0.717) is 21.9 Å². The Bertz CT molecular complexity index is 1020. The minimum Gasteiger partial charge on any atom is -0.423 e. The zero-order valence-corrected chi connectivity index (χ0v) is 19.1. The van der Waals surface area contributed by atoms with Crippen LogP contribution in [0.3, 0.4) is 0 Å². The Morgan fingerprint density at radius 2 is 0.389 bits per heavy atom. The molecule has 0 aliphatic carbocycles. The average molecular weight is 484 g/mol. The molecule has 0 unspecified atom stereocenters. The third-order valence-corrected chi connectivity index (χ3v) is 5.50. The van der Waals surface area contributed by atoms with Gasteiger partial charge in [0.15, 0.2) is 0 Å². The van der Waals surface area contributed by atoms with Gasteiger partial charge in [0.05, 0.1) is 0 Å². The normalized spacial score (nSPS) is 10.2. The molecule has 0 atom stereocenters. The smallest absolute Gasteiger partial charge is 0.423 e. The van der Waals surface area contributed by atoms with Crippen molar-refractivity contribution in [3.05, 3.63) is 97.1 Å². The van der Waals surface area contributed by atoms with Crippen molar-refractivity contribution in [1.82, 2.24) is 0 Å². The largest absolute Gasteiger partial charge is 0.488 e. The molecule has 0 radical (unpaired) electrons. The fraction of sp³-hybridized carbons (Fsp3) is 0. The monoisotopic (exact) mass is 484 g/mol. The molecule has 0 amide bonds. The molecule has 4 aromatic carbocycles. The van der Waals surface area contributed by atoms with Crippen molar-refractivity contribution in [3.63, 3.8) is 0 Å². The summed E-state index contributed by atoms with van der Waals surface area (Å²) in [5.41, 5.74) is 5.39. The third-order valence-electron chi connectivity index (χ3n) is 5.50. The molecule has 8 nitrogen and oxygen atoms in total. The number of benzene rings is 4. The first-order chi connectivity index (χ1) is 17.2. The molecule has 0 heterocycles. The van der Waals surface area contributed by atoms with E-state index < -0.39 is 28.5 Å². The zero-order valence-electron chi connectivity index (χ0n) is 19.1. The highest BCUT2D eigenvalue weighted by Gasteiger charge is 2.13. The lowest BCUT2D eigenvalue weighted by atomic mass is 9.78. The van der Waals surface area contributed by atoms with Gasteiger partial charge in [-0.1, -0.05) is 97.1 Å². The van der Waals surface area contributed by atoms with Gasteiger partial charge in [-0.2, -0.15) is 0 Å². The van der Waals surface area contributed by atoms with Gasteiger partial charge in [-0.15, -0.1) is 0 Å². The summed E-state index contributed by atoms with van der Waals surface area (Å²) < 4.78 is 0. The van der Waals surface area contributed by atoms with Gasteiger partial charge in [0.25, 0.3) is 0 Å². The summed E-state index contributed by atoms with van der Waals surface area (Å²) in [6, 6.07) is 27.3. The Kier molecular flexibility index (Phi) is 9.65. The van der Waals surface area contributed by atoms with E-state index >= 15 is 0 Å². The van der Waals surface area contributed by atoms with Crippen molar-refractivity contribution in [2.24, 2.45) is 0 Å². The fourth-order valence-corrected chi connectivity index (χ4v) is 3.39. The molecule has 12 heteroatoms. The molecular weight excluding hydrogens is 460 g/mol. The fourth-order valence-electron chi connectivity index (χ4n) is 3.39. The maximum absolute atomic E-state index is 8.98. The van der Waals surface area contributed by atoms with Crippen molar-refractivity contribution >= 4 is 50.3 Å². The minimum atomic E-state index is -1.47. The molecule has 0 aliphatic heterocycles. The molecule has 0 spiro atoms. The van der Waals surface area contributed by atoms with Crippen molar-refractivity contribution < 1.29 is 40.2 Å². The minimum absolute atomic E-state index is 0.432. The van der Waals surface area contributed by atoms with Crippen LogP contribution in [0.1, 0.15) is 0 Å². The van der Waals surface area contributed by atoms with Crippen LogP contribution < -0.4 is 21.9 Å². The standard InChI is InChI=1S/2C12H12B2O4/c2*15-13(16)11-5-1-9(2-6-11)10-3-7-12(8-4-10)14(17)18/h2*1-8,15-18H. The Labute approximate surface area is 210 Å². The summed E-state index contributed by atoms with van der Waals surface area (Å²) in [6.45, 7) is 0. The highest BCUT2D eigenvalue weighted by Crippen LogP contribution is 2.17. The summed E-state index contributed by atoms with van der Waals surface area (Å²) in [4.78, 5) is 0. The highest BCUT2D eigenvalue weighted by molar-refractivity contribution is 6.59. The molecule has 0 aromatic heterocycles. The van der Waals surface area contributed by atoms with Crippen molar-refractivity contribution in [3.8, 4) is 22.3 Å². The lowest BCUT2D eigenvalue weighted by Gasteiger charge is -2.05. The number of hydrogen-bond donors (Lipinski definition) is 8. The van der Waals surface area contributed by atoms with E-state index in [0.717, 1.165) is 22.3 Å². The summed E-state index contributed by atoms with van der Waals surface area (Å²) in [5.74, 6) is 0. The van der Waals surface area contributed by atoms with E-state index in [1.54, 1.807) is 97.1 Å². The first-order valence-electron chi connectivity index (χ1n) is 11.0. The van der Waals surface area contributed by atoms with E-state index in [-0.39, 0.29) is 0 Å². The van der Waals surface area contributed by atoms with Crippen LogP contribution in [-0.4, -0.2) is 68.7 Å². The van der Waals surface area contributed by atoms with Crippen LogP contribution >= 0.6 is 0 Å². The molecule has 0 bridgehead atoms. The second-order valence-corrected chi connectivity index (χ2v) is 7.98. The first kappa shape index (κ1) is 27.4. The predicted molar refractivity (Wildman–Crippen MR) is 143 cm³/mol. The van der Waals surface area contributed by atoms with E-state index in [1.165, 1.54) is 0 Å². The molecule has 36 heavy (non-hydrogen) atoms. The van der Waals surface area contributed by atoms with Crippen molar-refractivity contribution in [1.29, 1.82) is 0 Å². The maximum atomic E-state index is 8.98. The van der Waals surface area contributed by atoms with Crippen LogP contribution in [0, 0.1) is 0 Å². The second kappa shape index (κ2) is 12.7. The molecule has 4 aromatic rings. The third kappa shape index (κ3) is 7.41. The van der Waals surface area contributed by atoms with Crippen molar-refractivity contribution in [2.45, 2.75) is 0 Å². The predicted octanol–water partition coefficient (Wildman–Crippen LogP) is -2.57. The lowest BCUT2D eigenvalue weighted by molar-refractivity contribution is 0.424. The number of hydrogen-bond acceptors (Lipinski definition) is 8. The van der Waals surface area contributed by atoms with E-state index in [9.17, 15) is 0 Å². The van der Waals surface area contributed by atoms with E-state index in [4.69, 9.17) is 40.2 Å². The average Bonchev–Trinajstić information content (AvgIpc) is 2.89. The van der Waals surface area contributed by atoms with Crippen LogP contribution in [0.5, 0.6) is 0 Å². The summed E-state index contributed by atoms with van der Waals surface area (Å²) in [7, 11) is -5.87. The summed E-state index contributed by atoms with van der Waals surface area (Å²) >= 11 is 0. The van der Waals surface area contributed by atoms with Gasteiger partial charge in [0, 0.05) is 0 Å². The quantitative estimate of drug-likeness (QED) is 0.139. The zero-order chi connectivity index (χ0) is 26.2. The van der Waals surface area contributed by atoms with Crippen molar-refractivity contribution in [2.75, 3.05) is 0 Å². The van der Waals surface area contributed by atoms with Gasteiger partial charge < -0.3 is 40.2 Å². The molecular formula is C24H24B4O8. The van der Waals surface area contributed by atoms with Gasteiger partial charge in [0.1, 0.15) is 0 Å². The Balaban J connectivity index is 0.000000201. The van der Waals surface area contributed by atoms with Gasteiger partial charge in [-0.25, -0.2) is 0 Å². The van der Waals surface area contributed by atoms with Crippen LogP contribution in [0.4, 0.5) is 0 Å². The maximum Gasteiger partial charge on any atom is 0.488 e. The van der Waals surface area contributed by atoms with Gasteiger partial charge in [-0.05, 0) is 44.1 Å². The number of rotatable bonds is 6. The van der Waals surface area contributed by atoms with Gasteiger partial charge in [0.2, 0.25) is 0 Å². The van der Waals surface area contributed by atoms with E-state index in [2.05, 4.69) is 0 Å². The topological polar surface area (TPSA) is 162 Å². The molecule has 0 saturated carbocycles. The Hall–Kier alpha value is -3.18. The second-order valence-electron chi connectivity index (χ2n) is 7.98. The Morgan fingerprint density at radius 3 is 0.500 bits per heavy atom. The molecule has 180 valence electrons. The molecule has 0 fully saturated rings. The lowest BCUT2D eigenvalue weighted by Crippen LogP contribution is -2.29. The first-order valence-corrected chi connectivity index (χ1v) is 11.0. The van der Waals surface area contributed by atoms with Crippen LogP contribution in [-0.2, 0) is 0 Å².